The van der Waals surface area contributed by atoms with Crippen LogP contribution in [-0.4, -0.2) is 21.2 Å². The molecule has 0 fully saturated rings. The highest BCUT2D eigenvalue weighted by molar-refractivity contribution is 9.10. The average molecular weight is 232 g/mol. The number of aromatic hydroxyl groups is 1. The fraction of sp³-hybridized carbons (Fsp3) is 0.143. The second-order valence-electron chi connectivity index (χ2n) is 2.22. The maximum atomic E-state index is 10.6. The van der Waals surface area contributed by atoms with Gasteiger partial charge in [0.1, 0.15) is 11.3 Å². The third-order valence-corrected chi connectivity index (χ3v) is 1.99. The van der Waals surface area contributed by atoms with Gasteiger partial charge in [0.25, 0.3) is 0 Å². The molecule has 5 heteroatoms. The van der Waals surface area contributed by atoms with Gasteiger partial charge in [-0.1, -0.05) is 0 Å². The van der Waals surface area contributed by atoms with Crippen LogP contribution in [0.3, 0.4) is 0 Å². The number of hydrogen-bond donors (Lipinski definition) is 2. The minimum atomic E-state index is -1.18. The van der Waals surface area contributed by atoms with Crippen molar-refractivity contribution < 1.29 is 15.0 Å². The largest absolute Gasteiger partial charge is 0.506 e. The van der Waals surface area contributed by atoms with E-state index >= 15 is 0 Å². The molecule has 0 atom stereocenters. The molecule has 0 aliphatic rings. The summed E-state index contributed by atoms with van der Waals surface area (Å²) in [4.78, 5) is 14.3. The Balaban J connectivity index is 3.43. The first-order chi connectivity index (χ1) is 5.54. The summed E-state index contributed by atoms with van der Waals surface area (Å²) >= 11 is 2.97. The van der Waals surface area contributed by atoms with Crippen LogP contribution in [-0.2, 0) is 0 Å². The molecule has 0 aliphatic carbocycles. The van der Waals surface area contributed by atoms with Crippen molar-refractivity contribution in [3.8, 4) is 5.75 Å². The number of hydrogen-bond acceptors (Lipinski definition) is 3. The molecule has 0 spiro atoms. The van der Waals surface area contributed by atoms with Gasteiger partial charge in [0.15, 0.2) is 0 Å². The highest BCUT2D eigenvalue weighted by atomic mass is 79.9. The summed E-state index contributed by atoms with van der Waals surface area (Å²) in [6.45, 7) is 1.52. The SMILES string of the molecule is Cc1ncc(Br)c(O)c1C(=O)O. The van der Waals surface area contributed by atoms with Gasteiger partial charge in [-0.2, -0.15) is 0 Å². The number of aryl methyl sites for hydroxylation is 1. The van der Waals surface area contributed by atoms with E-state index < -0.39 is 5.97 Å². The van der Waals surface area contributed by atoms with Crippen molar-refractivity contribution in [1.82, 2.24) is 4.98 Å². The summed E-state index contributed by atoms with van der Waals surface area (Å²) in [5.41, 5.74) is 0.132. The van der Waals surface area contributed by atoms with Gasteiger partial charge < -0.3 is 10.2 Å². The van der Waals surface area contributed by atoms with Gasteiger partial charge in [-0.15, -0.1) is 0 Å². The topological polar surface area (TPSA) is 70.4 Å². The second-order valence-corrected chi connectivity index (χ2v) is 3.07. The molecule has 1 aromatic heterocycles. The van der Waals surface area contributed by atoms with Crippen molar-refractivity contribution in [2.75, 3.05) is 0 Å². The number of pyridine rings is 1. The zero-order chi connectivity index (χ0) is 9.30. The minimum absolute atomic E-state index is 0.163. The summed E-state index contributed by atoms with van der Waals surface area (Å²) in [6.07, 6.45) is 1.36. The maximum absolute atomic E-state index is 10.6. The molecular weight excluding hydrogens is 226 g/mol. The number of halogens is 1. The molecule has 0 aliphatic heterocycles. The van der Waals surface area contributed by atoms with E-state index in [4.69, 9.17) is 5.11 Å². The van der Waals surface area contributed by atoms with Crippen molar-refractivity contribution in [1.29, 1.82) is 0 Å². The van der Waals surface area contributed by atoms with Crippen LogP contribution in [0, 0.1) is 6.92 Å². The normalized spacial score (nSPS) is 9.83. The predicted molar refractivity (Wildman–Crippen MR) is 45.3 cm³/mol. The number of carboxylic acids is 1. The Morgan fingerprint density at radius 3 is 2.67 bits per heavy atom. The van der Waals surface area contributed by atoms with Crippen molar-refractivity contribution in [3.63, 3.8) is 0 Å². The summed E-state index contributed by atoms with van der Waals surface area (Å²) in [6, 6.07) is 0. The second kappa shape index (κ2) is 3.10. The molecular formula is C7H6BrNO3. The van der Waals surface area contributed by atoms with Gasteiger partial charge >= 0.3 is 5.97 Å². The fourth-order valence-electron chi connectivity index (χ4n) is 0.826. The molecule has 0 radical (unpaired) electrons. The minimum Gasteiger partial charge on any atom is -0.506 e. The molecule has 0 saturated carbocycles. The standard InChI is InChI=1S/C7H6BrNO3/c1-3-5(7(11)12)6(10)4(8)2-9-3/h2H,1H3,(H,9,10)(H,11,12). The van der Waals surface area contributed by atoms with E-state index in [1.807, 2.05) is 0 Å². The van der Waals surface area contributed by atoms with Gasteiger partial charge in [0, 0.05) is 6.20 Å². The maximum Gasteiger partial charge on any atom is 0.341 e. The fourth-order valence-corrected chi connectivity index (χ4v) is 1.13. The number of rotatable bonds is 1. The number of carbonyl (C=O) groups is 1. The number of carboxylic acid groups (broad SMARTS) is 1. The van der Waals surface area contributed by atoms with Crippen LogP contribution in [0.4, 0.5) is 0 Å². The molecule has 0 bridgehead atoms. The molecule has 1 aromatic rings. The summed E-state index contributed by atoms with van der Waals surface area (Å²) in [7, 11) is 0. The van der Waals surface area contributed by atoms with Crippen LogP contribution in [0.25, 0.3) is 0 Å². The van der Waals surface area contributed by atoms with Crippen LogP contribution >= 0.6 is 15.9 Å². The van der Waals surface area contributed by atoms with Crippen molar-refractivity contribution >= 4 is 21.9 Å². The molecule has 12 heavy (non-hydrogen) atoms. The third-order valence-electron chi connectivity index (χ3n) is 1.41. The molecule has 1 rings (SSSR count). The van der Waals surface area contributed by atoms with Gasteiger partial charge in [0.2, 0.25) is 0 Å². The summed E-state index contributed by atoms with van der Waals surface area (Å²) in [5.74, 6) is -1.46. The molecule has 4 nitrogen and oxygen atoms in total. The molecule has 64 valence electrons. The van der Waals surface area contributed by atoms with Gasteiger partial charge in [0.05, 0.1) is 10.2 Å². The Hall–Kier alpha value is -1.10. The van der Waals surface area contributed by atoms with E-state index in [0.29, 0.717) is 5.69 Å². The van der Waals surface area contributed by atoms with Gasteiger partial charge in [-0.25, -0.2) is 4.79 Å². The van der Waals surface area contributed by atoms with Crippen molar-refractivity contribution in [2.24, 2.45) is 0 Å². The first-order valence-corrected chi connectivity index (χ1v) is 3.90. The third kappa shape index (κ3) is 1.40. The molecule has 2 N–H and O–H groups in total. The summed E-state index contributed by atoms with van der Waals surface area (Å²) < 4.78 is 0.283. The van der Waals surface area contributed by atoms with Crippen molar-refractivity contribution in [2.45, 2.75) is 6.92 Å². The lowest BCUT2D eigenvalue weighted by atomic mass is 10.2. The smallest absolute Gasteiger partial charge is 0.341 e. The molecule has 0 unspecified atom stereocenters. The number of aromatic nitrogens is 1. The van der Waals surface area contributed by atoms with E-state index in [-0.39, 0.29) is 15.8 Å². The first-order valence-electron chi connectivity index (χ1n) is 3.11. The zero-order valence-corrected chi connectivity index (χ0v) is 7.79. The van der Waals surface area contributed by atoms with Gasteiger partial charge in [-0.3, -0.25) is 4.98 Å². The predicted octanol–water partition coefficient (Wildman–Crippen LogP) is 1.56. The first kappa shape index (κ1) is 8.99. The molecule has 1 heterocycles. The number of nitrogens with zero attached hydrogens (tertiary/aromatic N) is 1. The lowest BCUT2D eigenvalue weighted by molar-refractivity contribution is 0.0692. The Morgan fingerprint density at radius 2 is 2.25 bits per heavy atom. The van der Waals surface area contributed by atoms with Crippen LogP contribution in [0.5, 0.6) is 5.75 Å². The van der Waals surface area contributed by atoms with Gasteiger partial charge in [-0.05, 0) is 22.9 Å². The summed E-state index contributed by atoms with van der Waals surface area (Å²) in [5, 5.41) is 17.9. The molecule has 0 aromatic carbocycles. The van der Waals surface area contributed by atoms with E-state index in [1.54, 1.807) is 0 Å². The Morgan fingerprint density at radius 1 is 1.67 bits per heavy atom. The number of aromatic carboxylic acids is 1. The highest BCUT2D eigenvalue weighted by Gasteiger charge is 2.16. The van der Waals surface area contributed by atoms with Crippen molar-refractivity contribution in [3.05, 3.63) is 21.9 Å². The Labute approximate surface area is 77.0 Å². The van der Waals surface area contributed by atoms with Crippen LogP contribution in [0.1, 0.15) is 16.1 Å². The Kier molecular flexibility index (Phi) is 2.32. The zero-order valence-electron chi connectivity index (χ0n) is 6.21. The highest BCUT2D eigenvalue weighted by Crippen LogP contribution is 2.28. The molecule has 0 saturated heterocycles. The van der Waals surface area contributed by atoms with E-state index in [1.165, 1.54) is 13.1 Å². The van der Waals surface area contributed by atoms with E-state index in [9.17, 15) is 9.90 Å². The lowest BCUT2D eigenvalue weighted by Crippen LogP contribution is -2.02. The average Bonchev–Trinajstić information content (AvgIpc) is 1.97. The van der Waals surface area contributed by atoms with Crippen LogP contribution in [0.2, 0.25) is 0 Å². The monoisotopic (exact) mass is 231 g/mol. The van der Waals surface area contributed by atoms with Crippen LogP contribution in [0.15, 0.2) is 10.7 Å². The Bertz CT molecular complexity index is 338. The van der Waals surface area contributed by atoms with E-state index in [0.717, 1.165) is 0 Å². The van der Waals surface area contributed by atoms with Crippen LogP contribution < -0.4 is 0 Å². The lowest BCUT2D eigenvalue weighted by Gasteiger charge is -2.03. The quantitative estimate of drug-likeness (QED) is 0.770. The van der Waals surface area contributed by atoms with E-state index in [2.05, 4.69) is 20.9 Å². The molecule has 0 amide bonds.